The van der Waals surface area contributed by atoms with Crippen LogP contribution in [0, 0.1) is 23.7 Å². The van der Waals surface area contributed by atoms with Crippen molar-refractivity contribution in [3.05, 3.63) is 0 Å². The van der Waals surface area contributed by atoms with E-state index < -0.39 is 0 Å². The summed E-state index contributed by atoms with van der Waals surface area (Å²) in [6.45, 7) is 0. The summed E-state index contributed by atoms with van der Waals surface area (Å²) in [5.41, 5.74) is 0. The van der Waals surface area contributed by atoms with Crippen LogP contribution in [0.1, 0.15) is 57.8 Å². The highest BCUT2D eigenvalue weighted by Gasteiger charge is 2.45. The number of rotatable bonds is 3. The average Bonchev–Trinajstić information content (AvgIpc) is 2.55. The normalized spacial score (nSPS) is 45.9. The Bertz CT molecular complexity index is 391. The summed E-state index contributed by atoms with van der Waals surface area (Å²) in [4.78, 5) is 13.2. The van der Waals surface area contributed by atoms with E-state index in [9.17, 15) is 4.79 Å². The van der Waals surface area contributed by atoms with Crippen molar-refractivity contribution in [3.63, 3.8) is 0 Å². The zero-order valence-corrected chi connectivity index (χ0v) is 15.1. The maximum atomic E-state index is 11.2. The van der Waals surface area contributed by atoms with E-state index in [1.165, 1.54) is 44.9 Å². The molecule has 0 aromatic heterocycles. The summed E-state index contributed by atoms with van der Waals surface area (Å²) in [5, 5.41) is 0.315. The molecule has 0 bridgehead atoms. The second-order valence-electron chi connectivity index (χ2n) is 7.80. The van der Waals surface area contributed by atoms with Crippen molar-refractivity contribution >= 4 is 29.6 Å². The Morgan fingerprint density at radius 1 is 0.864 bits per heavy atom. The first-order valence-electron chi connectivity index (χ1n) is 9.07. The van der Waals surface area contributed by atoms with Crippen LogP contribution in [0.25, 0.3) is 0 Å². The summed E-state index contributed by atoms with van der Waals surface area (Å²) < 4.78 is 0. The van der Waals surface area contributed by atoms with Crippen molar-refractivity contribution in [1.82, 2.24) is 4.90 Å². The Hall–Kier alpha value is 0.0500. The largest absolute Gasteiger partial charge is 0.345 e. The molecule has 126 valence electrons. The summed E-state index contributed by atoms with van der Waals surface area (Å²) in [6.07, 6.45) is 12.3. The van der Waals surface area contributed by atoms with Gasteiger partial charge < -0.3 is 4.90 Å². The van der Waals surface area contributed by atoms with Gasteiger partial charge in [0.05, 0.1) is 5.38 Å². The fraction of sp³-hybridized carbons (Fsp3) is 0.944. The number of nitrogens with zero attached hydrogens (tertiary/aromatic N) is 1. The van der Waals surface area contributed by atoms with Crippen LogP contribution in [-0.2, 0) is 4.79 Å². The summed E-state index contributed by atoms with van der Waals surface area (Å²) >= 11 is 12.8. The first kappa shape index (κ1) is 16.9. The zero-order chi connectivity index (χ0) is 15.7. The Morgan fingerprint density at radius 2 is 1.59 bits per heavy atom. The van der Waals surface area contributed by atoms with Gasteiger partial charge >= 0.3 is 0 Å². The molecule has 0 saturated heterocycles. The van der Waals surface area contributed by atoms with Gasteiger partial charge in [0.25, 0.3) is 0 Å². The van der Waals surface area contributed by atoms with E-state index in [2.05, 4.69) is 0 Å². The van der Waals surface area contributed by atoms with Gasteiger partial charge in [-0.2, -0.15) is 0 Å². The molecule has 0 aromatic rings. The fourth-order valence-electron chi connectivity index (χ4n) is 5.66. The molecule has 4 heteroatoms. The number of halogens is 2. The lowest BCUT2D eigenvalue weighted by molar-refractivity contribution is -0.122. The van der Waals surface area contributed by atoms with E-state index >= 15 is 0 Å². The molecule has 1 amide bonds. The van der Waals surface area contributed by atoms with Crippen LogP contribution in [0.2, 0.25) is 0 Å². The van der Waals surface area contributed by atoms with Gasteiger partial charge in [-0.3, -0.25) is 4.79 Å². The van der Waals surface area contributed by atoms with Crippen LogP contribution in [0.5, 0.6) is 0 Å². The minimum absolute atomic E-state index is 0.151. The molecular weight excluding hydrogens is 317 g/mol. The summed E-state index contributed by atoms with van der Waals surface area (Å²) in [6, 6.07) is 0.468. The summed E-state index contributed by atoms with van der Waals surface area (Å²) in [7, 11) is 1.97. The maximum absolute atomic E-state index is 11.2. The first-order chi connectivity index (χ1) is 10.6. The molecule has 7 unspecified atom stereocenters. The van der Waals surface area contributed by atoms with E-state index in [0.29, 0.717) is 12.0 Å². The number of alkyl halides is 2. The maximum Gasteiger partial charge on any atom is 0.209 e. The van der Waals surface area contributed by atoms with Crippen LogP contribution in [0.15, 0.2) is 0 Å². The molecule has 3 fully saturated rings. The van der Waals surface area contributed by atoms with Crippen molar-refractivity contribution in [3.8, 4) is 0 Å². The minimum atomic E-state index is 0.151. The van der Waals surface area contributed by atoms with E-state index in [1.807, 2.05) is 11.9 Å². The second kappa shape index (κ2) is 7.30. The van der Waals surface area contributed by atoms with Crippen LogP contribution in [-0.4, -0.2) is 35.2 Å². The lowest BCUT2D eigenvalue weighted by Crippen LogP contribution is -2.49. The van der Waals surface area contributed by atoms with Gasteiger partial charge in [0.15, 0.2) is 0 Å². The van der Waals surface area contributed by atoms with Crippen LogP contribution in [0.4, 0.5) is 0 Å². The zero-order valence-electron chi connectivity index (χ0n) is 13.6. The third-order valence-corrected chi connectivity index (χ3v) is 7.88. The van der Waals surface area contributed by atoms with Gasteiger partial charge in [-0.15, -0.1) is 23.2 Å². The van der Waals surface area contributed by atoms with Crippen LogP contribution < -0.4 is 0 Å². The van der Waals surface area contributed by atoms with Gasteiger partial charge in [0.2, 0.25) is 6.41 Å². The predicted molar refractivity (Wildman–Crippen MR) is 92.4 cm³/mol. The van der Waals surface area contributed by atoms with Gasteiger partial charge in [0.1, 0.15) is 0 Å². The van der Waals surface area contributed by atoms with Gasteiger partial charge in [0, 0.05) is 18.5 Å². The topological polar surface area (TPSA) is 20.3 Å². The molecule has 22 heavy (non-hydrogen) atoms. The molecular formula is C18H29Cl2NO. The first-order valence-corrected chi connectivity index (χ1v) is 9.94. The van der Waals surface area contributed by atoms with Gasteiger partial charge in [-0.05, 0) is 68.6 Å². The lowest BCUT2D eigenvalue weighted by atomic mass is 9.58. The molecule has 0 N–H and O–H groups in total. The van der Waals surface area contributed by atoms with Gasteiger partial charge in [-0.1, -0.05) is 12.8 Å². The molecule has 0 radical (unpaired) electrons. The van der Waals surface area contributed by atoms with E-state index in [-0.39, 0.29) is 10.8 Å². The smallest absolute Gasteiger partial charge is 0.209 e. The lowest BCUT2D eigenvalue weighted by Gasteiger charge is -2.51. The minimum Gasteiger partial charge on any atom is -0.345 e. The number of carbonyl (C=O) groups is 1. The highest BCUT2D eigenvalue weighted by molar-refractivity contribution is 6.30. The fourth-order valence-corrected chi connectivity index (χ4v) is 6.24. The molecule has 0 heterocycles. The van der Waals surface area contributed by atoms with E-state index in [4.69, 9.17) is 23.2 Å². The molecule has 3 aliphatic carbocycles. The third-order valence-electron chi connectivity index (χ3n) is 6.74. The van der Waals surface area contributed by atoms with Crippen molar-refractivity contribution in [2.45, 2.75) is 74.6 Å². The molecule has 3 saturated carbocycles. The molecule has 0 aliphatic heterocycles. The number of amides is 1. The number of hydrogen-bond acceptors (Lipinski definition) is 1. The molecule has 0 spiro atoms. The van der Waals surface area contributed by atoms with Gasteiger partial charge in [-0.25, -0.2) is 0 Å². The Morgan fingerprint density at radius 3 is 2.27 bits per heavy atom. The Balaban J connectivity index is 1.72. The second-order valence-corrected chi connectivity index (χ2v) is 8.92. The van der Waals surface area contributed by atoms with Crippen molar-refractivity contribution in [2.75, 3.05) is 7.05 Å². The van der Waals surface area contributed by atoms with Crippen molar-refractivity contribution < 1.29 is 4.79 Å². The van der Waals surface area contributed by atoms with Crippen molar-refractivity contribution in [2.24, 2.45) is 23.7 Å². The highest BCUT2D eigenvalue weighted by Crippen LogP contribution is 2.51. The monoisotopic (exact) mass is 345 g/mol. The van der Waals surface area contributed by atoms with Crippen LogP contribution >= 0.6 is 23.2 Å². The molecule has 3 rings (SSSR count). The number of hydrogen-bond donors (Lipinski definition) is 0. The predicted octanol–water partition coefficient (Wildman–Crippen LogP) is 4.67. The standard InChI is InChI=1S/C18H29Cl2NO/c1-21(11-22)18-9-7-13(14-4-2-3-5-15(14)18)12-6-8-16(19)17(20)10-12/h11-18H,2-10H2,1H3. The van der Waals surface area contributed by atoms with E-state index in [0.717, 1.165) is 37.0 Å². The molecule has 3 aliphatic rings. The highest BCUT2D eigenvalue weighted by atomic mass is 35.5. The average molecular weight is 346 g/mol. The van der Waals surface area contributed by atoms with Crippen LogP contribution in [0.3, 0.4) is 0 Å². The third kappa shape index (κ3) is 3.29. The quantitative estimate of drug-likeness (QED) is 0.537. The SMILES string of the molecule is CN(C=O)C1CCC(C2CCC(Cl)C(Cl)C2)C2CCCCC21. The van der Waals surface area contributed by atoms with Crippen molar-refractivity contribution in [1.29, 1.82) is 0 Å². The van der Waals surface area contributed by atoms with E-state index in [1.54, 1.807) is 0 Å². The molecule has 0 aromatic carbocycles. The summed E-state index contributed by atoms with van der Waals surface area (Å²) in [5.74, 6) is 3.08. The number of fused-ring (bicyclic) bond motifs is 1. The Kier molecular flexibility index (Phi) is 5.60. The molecule has 2 nitrogen and oxygen atoms in total. The Labute approximate surface area is 144 Å². The molecule has 7 atom stereocenters. The number of carbonyl (C=O) groups excluding carboxylic acids is 1.